The highest BCUT2D eigenvalue weighted by molar-refractivity contribution is 7.12. The van der Waals surface area contributed by atoms with Crippen molar-refractivity contribution < 1.29 is 9.90 Å². The summed E-state index contributed by atoms with van der Waals surface area (Å²) in [6.07, 6.45) is 3.98. The Kier molecular flexibility index (Phi) is 3.96. The number of hydrogen-bond donors (Lipinski definition) is 1. The highest BCUT2D eigenvalue weighted by Crippen LogP contribution is 2.23. The summed E-state index contributed by atoms with van der Waals surface area (Å²) < 4.78 is 0. The summed E-state index contributed by atoms with van der Waals surface area (Å²) in [4.78, 5) is 14.9. The molecule has 0 radical (unpaired) electrons. The molecule has 0 bridgehead atoms. The summed E-state index contributed by atoms with van der Waals surface area (Å²) in [5, 5.41) is 10.9. The van der Waals surface area contributed by atoms with Crippen LogP contribution >= 0.6 is 11.3 Å². The second-order valence-electron chi connectivity index (χ2n) is 4.14. The summed E-state index contributed by atoms with van der Waals surface area (Å²) in [5.74, 6) is 0.133. The normalized spacial score (nSPS) is 21.1. The molecule has 0 unspecified atom stereocenters. The van der Waals surface area contributed by atoms with Crippen molar-refractivity contribution in [2.24, 2.45) is 0 Å². The van der Waals surface area contributed by atoms with Gasteiger partial charge in [-0.25, -0.2) is 0 Å². The zero-order valence-electron chi connectivity index (χ0n) is 9.26. The minimum Gasteiger partial charge on any atom is -0.396 e. The van der Waals surface area contributed by atoms with Crippen molar-refractivity contribution in [3.05, 3.63) is 22.4 Å². The van der Waals surface area contributed by atoms with Crippen LogP contribution in [0.15, 0.2) is 17.5 Å². The Bertz CT molecular complexity index is 335. The minimum absolute atomic E-state index is 0.133. The molecule has 4 heteroatoms. The molecule has 16 heavy (non-hydrogen) atoms. The van der Waals surface area contributed by atoms with Crippen LogP contribution in [0.4, 0.5) is 0 Å². The lowest BCUT2D eigenvalue weighted by atomic mass is 9.99. The predicted octanol–water partition coefficient (Wildman–Crippen LogP) is 2.13. The Morgan fingerprint density at radius 2 is 2.44 bits per heavy atom. The number of amides is 1. The van der Waals surface area contributed by atoms with Crippen LogP contribution in [-0.4, -0.2) is 35.1 Å². The summed E-state index contributed by atoms with van der Waals surface area (Å²) in [6, 6.07) is 4.01. The zero-order valence-corrected chi connectivity index (χ0v) is 10.1. The fourth-order valence-corrected chi connectivity index (χ4v) is 2.94. The van der Waals surface area contributed by atoms with Crippen molar-refractivity contribution in [2.45, 2.75) is 31.7 Å². The number of carbonyl (C=O) groups is 1. The number of hydrogen-bond acceptors (Lipinski definition) is 3. The fraction of sp³-hybridized carbons (Fsp3) is 0.583. The third-order valence-electron chi connectivity index (χ3n) is 3.08. The largest absolute Gasteiger partial charge is 0.396 e. The molecule has 1 N–H and O–H groups in total. The molecule has 88 valence electrons. The molecule has 0 aliphatic carbocycles. The number of likely N-dealkylation sites (tertiary alicyclic amines) is 1. The van der Waals surface area contributed by atoms with E-state index in [4.69, 9.17) is 5.11 Å². The van der Waals surface area contributed by atoms with E-state index in [9.17, 15) is 4.79 Å². The second-order valence-corrected chi connectivity index (χ2v) is 5.09. The summed E-state index contributed by atoms with van der Waals surface area (Å²) >= 11 is 1.49. The van der Waals surface area contributed by atoms with Gasteiger partial charge in [0.1, 0.15) is 0 Å². The number of carbonyl (C=O) groups excluding carboxylic acids is 1. The quantitative estimate of drug-likeness (QED) is 0.877. The second kappa shape index (κ2) is 5.46. The first-order valence-corrected chi connectivity index (χ1v) is 6.66. The molecule has 1 atom stereocenters. The summed E-state index contributed by atoms with van der Waals surface area (Å²) in [6.45, 7) is 1.00. The smallest absolute Gasteiger partial charge is 0.264 e. The maximum Gasteiger partial charge on any atom is 0.264 e. The molecule has 1 aliphatic rings. The zero-order chi connectivity index (χ0) is 11.4. The molecule has 1 fully saturated rings. The molecule has 3 nitrogen and oxygen atoms in total. The number of piperidine rings is 1. The molecule has 2 heterocycles. The van der Waals surface area contributed by atoms with Crippen LogP contribution in [0, 0.1) is 0 Å². The van der Waals surface area contributed by atoms with Crippen LogP contribution < -0.4 is 0 Å². The fourth-order valence-electron chi connectivity index (χ4n) is 2.26. The minimum atomic E-state index is 0.133. The van der Waals surface area contributed by atoms with E-state index in [1.54, 1.807) is 0 Å². The van der Waals surface area contributed by atoms with E-state index in [0.29, 0.717) is 6.42 Å². The van der Waals surface area contributed by atoms with Crippen molar-refractivity contribution >= 4 is 17.2 Å². The molecule has 0 aromatic carbocycles. The van der Waals surface area contributed by atoms with Gasteiger partial charge in [-0.1, -0.05) is 6.07 Å². The van der Waals surface area contributed by atoms with Gasteiger partial charge >= 0.3 is 0 Å². The van der Waals surface area contributed by atoms with Gasteiger partial charge in [0.25, 0.3) is 5.91 Å². The van der Waals surface area contributed by atoms with E-state index < -0.39 is 0 Å². The van der Waals surface area contributed by atoms with Crippen LogP contribution in [0.5, 0.6) is 0 Å². The lowest BCUT2D eigenvalue weighted by Gasteiger charge is -2.35. The highest BCUT2D eigenvalue weighted by atomic mass is 32.1. The van der Waals surface area contributed by atoms with Crippen molar-refractivity contribution in [3.63, 3.8) is 0 Å². The van der Waals surface area contributed by atoms with Gasteiger partial charge in [-0.2, -0.15) is 0 Å². The molecule has 0 saturated carbocycles. The first-order valence-electron chi connectivity index (χ1n) is 5.78. The Morgan fingerprint density at radius 1 is 1.56 bits per heavy atom. The average molecular weight is 239 g/mol. The van der Waals surface area contributed by atoms with Gasteiger partial charge in [-0.05, 0) is 37.1 Å². The van der Waals surface area contributed by atoms with Gasteiger partial charge in [0.05, 0.1) is 4.88 Å². The molecule has 1 aromatic heterocycles. The maximum atomic E-state index is 12.2. The van der Waals surface area contributed by atoms with Gasteiger partial charge in [0.15, 0.2) is 0 Å². The van der Waals surface area contributed by atoms with Crippen LogP contribution in [0.2, 0.25) is 0 Å². The Hall–Kier alpha value is -0.870. The molecule has 1 saturated heterocycles. The van der Waals surface area contributed by atoms with Crippen molar-refractivity contribution in [2.75, 3.05) is 13.2 Å². The topological polar surface area (TPSA) is 40.5 Å². The molecule has 1 aromatic rings. The summed E-state index contributed by atoms with van der Waals surface area (Å²) in [5.41, 5.74) is 0. The molecule has 1 aliphatic heterocycles. The summed E-state index contributed by atoms with van der Waals surface area (Å²) in [7, 11) is 0. The van der Waals surface area contributed by atoms with Crippen LogP contribution in [-0.2, 0) is 0 Å². The molecule has 0 spiro atoms. The van der Waals surface area contributed by atoms with E-state index in [1.807, 2.05) is 22.4 Å². The molecule has 1 amide bonds. The first-order chi connectivity index (χ1) is 7.83. The molecular weight excluding hydrogens is 222 g/mol. The average Bonchev–Trinajstić information content (AvgIpc) is 2.83. The molecular formula is C12H17NO2S. The van der Waals surface area contributed by atoms with Gasteiger partial charge in [0, 0.05) is 19.2 Å². The monoisotopic (exact) mass is 239 g/mol. The van der Waals surface area contributed by atoms with E-state index in [0.717, 1.165) is 24.3 Å². The van der Waals surface area contributed by atoms with E-state index in [-0.39, 0.29) is 18.6 Å². The number of aliphatic hydroxyl groups is 1. The number of thiophene rings is 1. The standard InChI is InChI=1S/C12H17NO2S/c14-8-6-10-4-1-2-7-13(10)12(15)11-5-3-9-16-11/h3,5,9-10,14H,1-2,4,6-8H2/t10-/m0/s1. The lowest BCUT2D eigenvalue weighted by Crippen LogP contribution is -2.43. The van der Waals surface area contributed by atoms with E-state index in [2.05, 4.69) is 0 Å². The predicted molar refractivity (Wildman–Crippen MR) is 64.7 cm³/mol. The maximum absolute atomic E-state index is 12.2. The van der Waals surface area contributed by atoms with Crippen LogP contribution in [0.1, 0.15) is 35.4 Å². The Labute approximate surface area is 99.7 Å². The van der Waals surface area contributed by atoms with Crippen molar-refractivity contribution in [1.82, 2.24) is 4.90 Å². The third-order valence-corrected chi connectivity index (χ3v) is 3.94. The highest BCUT2D eigenvalue weighted by Gasteiger charge is 2.27. The van der Waals surface area contributed by atoms with Crippen LogP contribution in [0.25, 0.3) is 0 Å². The van der Waals surface area contributed by atoms with Crippen molar-refractivity contribution in [1.29, 1.82) is 0 Å². The lowest BCUT2D eigenvalue weighted by molar-refractivity contribution is 0.0579. The first kappa shape index (κ1) is 11.6. The number of aliphatic hydroxyl groups excluding tert-OH is 1. The van der Waals surface area contributed by atoms with Gasteiger partial charge in [-0.15, -0.1) is 11.3 Å². The van der Waals surface area contributed by atoms with Gasteiger partial charge in [-0.3, -0.25) is 4.79 Å². The Morgan fingerprint density at radius 3 is 3.12 bits per heavy atom. The third kappa shape index (κ3) is 2.44. The number of nitrogens with zero attached hydrogens (tertiary/aromatic N) is 1. The van der Waals surface area contributed by atoms with E-state index in [1.165, 1.54) is 17.8 Å². The van der Waals surface area contributed by atoms with Gasteiger partial charge in [0.2, 0.25) is 0 Å². The SMILES string of the molecule is O=C(c1cccs1)N1CCCC[C@H]1CCO. The van der Waals surface area contributed by atoms with Gasteiger partial charge < -0.3 is 10.0 Å². The van der Waals surface area contributed by atoms with Crippen LogP contribution in [0.3, 0.4) is 0 Å². The van der Waals surface area contributed by atoms with Crippen molar-refractivity contribution in [3.8, 4) is 0 Å². The number of rotatable bonds is 3. The van der Waals surface area contributed by atoms with E-state index >= 15 is 0 Å². The Balaban J connectivity index is 2.08. The molecule has 2 rings (SSSR count).